The van der Waals surface area contributed by atoms with Gasteiger partial charge in [-0.15, -0.1) is 12.4 Å². The summed E-state index contributed by atoms with van der Waals surface area (Å²) in [4.78, 5) is 39.5. The molecule has 1 saturated carbocycles. The third-order valence-corrected chi connectivity index (χ3v) is 7.91. The normalized spacial score (nSPS) is 22.0. The zero-order valence-electron chi connectivity index (χ0n) is 21.8. The van der Waals surface area contributed by atoms with Gasteiger partial charge in [0.25, 0.3) is 0 Å². The van der Waals surface area contributed by atoms with Gasteiger partial charge in [0, 0.05) is 30.1 Å². The van der Waals surface area contributed by atoms with Gasteiger partial charge in [0.1, 0.15) is 11.3 Å². The molecule has 2 aliphatic rings. The highest BCUT2D eigenvalue weighted by molar-refractivity contribution is 5.97. The number of carboxylic acid groups (broad SMARTS) is 1. The van der Waals surface area contributed by atoms with E-state index in [4.69, 9.17) is 16.2 Å². The predicted molar refractivity (Wildman–Crippen MR) is 142 cm³/mol. The van der Waals surface area contributed by atoms with E-state index in [-0.39, 0.29) is 53.5 Å². The minimum absolute atomic E-state index is 0. The smallest absolute Gasteiger partial charge is 0.341 e. The van der Waals surface area contributed by atoms with Gasteiger partial charge in [-0.2, -0.15) is 0 Å². The number of nitrogens with zero attached hydrogens (tertiary/aromatic N) is 2. The molecule has 37 heavy (non-hydrogen) atoms. The van der Waals surface area contributed by atoms with Crippen LogP contribution in [0, 0.1) is 23.1 Å². The van der Waals surface area contributed by atoms with Gasteiger partial charge in [-0.05, 0) is 31.2 Å². The first-order valence-electron chi connectivity index (χ1n) is 12.3. The first-order chi connectivity index (χ1) is 16.8. The van der Waals surface area contributed by atoms with Crippen LogP contribution in [0.15, 0.2) is 17.1 Å². The summed E-state index contributed by atoms with van der Waals surface area (Å²) in [5, 5.41) is 9.49. The van der Waals surface area contributed by atoms with Crippen molar-refractivity contribution in [3.8, 4) is 5.75 Å². The van der Waals surface area contributed by atoms with Crippen LogP contribution in [0.5, 0.6) is 5.75 Å². The lowest BCUT2D eigenvalue weighted by molar-refractivity contribution is -0.130. The minimum Gasteiger partial charge on any atom is -0.492 e. The van der Waals surface area contributed by atoms with Crippen molar-refractivity contribution in [2.75, 3.05) is 18.6 Å². The van der Waals surface area contributed by atoms with Gasteiger partial charge in [0.05, 0.1) is 30.2 Å². The number of aromatic carboxylic acids is 1. The van der Waals surface area contributed by atoms with Crippen molar-refractivity contribution in [2.45, 2.75) is 65.2 Å². The Kier molecular flexibility index (Phi) is 7.98. The highest BCUT2D eigenvalue weighted by atomic mass is 35.5. The fraction of sp³-hybridized carbons (Fsp3) is 0.577. The van der Waals surface area contributed by atoms with E-state index in [0.717, 1.165) is 18.9 Å². The molecule has 1 aliphatic carbocycles. The molecular formula is C26H36ClFN4O5. The first-order valence-corrected chi connectivity index (χ1v) is 12.3. The second-order valence-corrected chi connectivity index (χ2v) is 10.9. The van der Waals surface area contributed by atoms with Crippen molar-refractivity contribution in [1.82, 2.24) is 4.57 Å². The molecule has 0 bridgehead atoms. The topological polar surface area (TPSA) is 141 Å². The summed E-state index contributed by atoms with van der Waals surface area (Å²) < 4.78 is 23.2. The quantitative estimate of drug-likeness (QED) is 0.487. The van der Waals surface area contributed by atoms with Gasteiger partial charge in [-0.25, -0.2) is 9.18 Å². The van der Waals surface area contributed by atoms with Crippen molar-refractivity contribution in [3.63, 3.8) is 0 Å². The Hall–Kier alpha value is -2.69. The Labute approximate surface area is 221 Å². The lowest BCUT2D eigenvalue weighted by Gasteiger charge is -2.50. The first kappa shape index (κ1) is 28.9. The minimum atomic E-state index is -1.37. The molecule has 0 amide bonds. The predicted octanol–water partition coefficient (Wildman–Crippen LogP) is 3.29. The molecule has 0 radical (unpaired) electrons. The molecule has 0 spiro atoms. The number of anilines is 1. The summed E-state index contributed by atoms with van der Waals surface area (Å²) in [5.74, 6) is -2.46. The number of ketones is 1. The molecule has 2 heterocycles. The lowest BCUT2D eigenvalue weighted by Crippen LogP contribution is -2.62. The van der Waals surface area contributed by atoms with Crippen LogP contribution in [0.4, 0.5) is 10.1 Å². The van der Waals surface area contributed by atoms with E-state index in [1.54, 1.807) is 9.47 Å². The molecule has 2 aromatic rings. The van der Waals surface area contributed by atoms with Gasteiger partial charge < -0.3 is 30.8 Å². The summed E-state index contributed by atoms with van der Waals surface area (Å²) in [7, 11) is 1.39. The summed E-state index contributed by atoms with van der Waals surface area (Å²) >= 11 is 0. The zero-order valence-corrected chi connectivity index (χ0v) is 22.6. The number of carboxylic acids is 1. The van der Waals surface area contributed by atoms with Crippen LogP contribution in [0.25, 0.3) is 10.9 Å². The van der Waals surface area contributed by atoms with Crippen LogP contribution < -0.4 is 26.5 Å². The van der Waals surface area contributed by atoms with Crippen molar-refractivity contribution < 1.29 is 23.8 Å². The third-order valence-electron chi connectivity index (χ3n) is 7.91. The molecule has 1 saturated heterocycles. The molecule has 11 heteroatoms. The van der Waals surface area contributed by atoms with Crippen LogP contribution in [0.2, 0.25) is 0 Å². The van der Waals surface area contributed by atoms with Crippen molar-refractivity contribution in [2.24, 2.45) is 28.7 Å². The maximum absolute atomic E-state index is 15.8. The number of fused-ring (bicyclic) bond motifs is 1. The fourth-order valence-electron chi connectivity index (χ4n) is 5.40. The van der Waals surface area contributed by atoms with Crippen molar-refractivity contribution >= 4 is 40.7 Å². The summed E-state index contributed by atoms with van der Waals surface area (Å²) in [6.07, 6.45) is 2.61. The SMILES string of the molecule is COc1c(N2CCC(C(=O)[C@@H](N)C(C)C)C(C)(C)C2N)c(F)cc2c(=O)c(C(=O)O)cn(C3CC3)c12.Cl. The number of Topliss-reactive ketones (excluding diaryl/α,β-unsaturated/α-hetero) is 1. The van der Waals surface area contributed by atoms with E-state index >= 15 is 4.39 Å². The highest BCUT2D eigenvalue weighted by Crippen LogP contribution is 2.47. The number of nitrogens with two attached hydrogens (primary N) is 2. The van der Waals surface area contributed by atoms with Crippen molar-refractivity contribution in [3.05, 3.63) is 33.9 Å². The van der Waals surface area contributed by atoms with Gasteiger partial charge in [-0.3, -0.25) is 9.59 Å². The number of benzene rings is 1. The number of methoxy groups -OCH3 is 1. The average molecular weight is 539 g/mol. The molecule has 9 nitrogen and oxygen atoms in total. The molecule has 204 valence electrons. The number of rotatable bonds is 7. The van der Waals surface area contributed by atoms with E-state index in [1.807, 2.05) is 27.7 Å². The summed E-state index contributed by atoms with van der Waals surface area (Å²) in [5.41, 5.74) is 11.4. The number of pyridine rings is 1. The van der Waals surface area contributed by atoms with Crippen LogP contribution in [0.3, 0.4) is 0 Å². The number of aromatic nitrogens is 1. The van der Waals surface area contributed by atoms with Crippen molar-refractivity contribution in [1.29, 1.82) is 0 Å². The number of carbonyl (C=O) groups is 2. The number of hydrogen-bond donors (Lipinski definition) is 3. The third kappa shape index (κ3) is 4.70. The maximum atomic E-state index is 15.8. The molecule has 1 aromatic carbocycles. The summed E-state index contributed by atoms with van der Waals surface area (Å²) in [6.45, 7) is 7.84. The van der Waals surface area contributed by atoms with Crippen LogP contribution in [-0.2, 0) is 4.79 Å². The Morgan fingerprint density at radius 2 is 1.86 bits per heavy atom. The Morgan fingerprint density at radius 3 is 2.38 bits per heavy atom. The van der Waals surface area contributed by atoms with E-state index in [2.05, 4.69) is 0 Å². The highest BCUT2D eigenvalue weighted by Gasteiger charge is 2.48. The Bertz CT molecular complexity index is 1290. The standard InChI is InChI=1S/C26H35FN4O5.ClH/c1-12(2)18(28)22(33)16-8-9-30(25(29)26(16,3)4)20-17(27)10-14-19(23(20)36-5)31(13-6-7-13)11-15(21(14)32)24(34)35;/h10-13,16,18,25H,6-9,28-29H2,1-5H3,(H,34,35);1H/t16?,18-,25?;/m0./s1. The number of halogens is 2. The molecular weight excluding hydrogens is 503 g/mol. The maximum Gasteiger partial charge on any atom is 0.341 e. The van der Waals surface area contributed by atoms with Crippen LogP contribution >= 0.6 is 12.4 Å². The lowest BCUT2D eigenvalue weighted by atomic mass is 9.67. The molecule has 5 N–H and O–H groups in total. The number of ether oxygens (including phenoxy) is 1. The Morgan fingerprint density at radius 1 is 1.24 bits per heavy atom. The second-order valence-electron chi connectivity index (χ2n) is 10.9. The molecule has 1 aromatic heterocycles. The van der Waals surface area contributed by atoms with E-state index < -0.39 is 46.3 Å². The van der Waals surface area contributed by atoms with E-state index in [9.17, 15) is 19.5 Å². The monoisotopic (exact) mass is 538 g/mol. The van der Waals surface area contributed by atoms with Crippen LogP contribution in [0.1, 0.15) is 63.4 Å². The molecule has 3 atom stereocenters. The Balaban J connectivity index is 0.00000380. The number of piperidine rings is 1. The fourth-order valence-corrected chi connectivity index (χ4v) is 5.40. The van der Waals surface area contributed by atoms with Gasteiger partial charge in [0.2, 0.25) is 5.43 Å². The largest absolute Gasteiger partial charge is 0.492 e. The molecule has 2 fully saturated rings. The van der Waals surface area contributed by atoms with Crippen LogP contribution in [-0.4, -0.2) is 47.3 Å². The molecule has 1 aliphatic heterocycles. The van der Waals surface area contributed by atoms with Gasteiger partial charge >= 0.3 is 5.97 Å². The average Bonchev–Trinajstić information content (AvgIpc) is 3.65. The van der Waals surface area contributed by atoms with Gasteiger partial charge in [0.15, 0.2) is 17.3 Å². The molecule has 2 unspecified atom stereocenters. The zero-order chi connectivity index (χ0) is 26.7. The second kappa shape index (κ2) is 10.2. The van der Waals surface area contributed by atoms with E-state index in [0.29, 0.717) is 11.9 Å². The number of hydrogen-bond acceptors (Lipinski definition) is 7. The summed E-state index contributed by atoms with van der Waals surface area (Å²) in [6, 6.07) is 0.452. The van der Waals surface area contributed by atoms with Gasteiger partial charge in [-0.1, -0.05) is 27.7 Å². The number of carbonyl (C=O) groups excluding carboxylic acids is 1. The molecule has 4 rings (SSSR count). The van der Waals surface area contributed by atoms with E-state index in [1.165, 1.54) is 13.3 Å².